The lowest BCUT2D eigenvalue weighted by Gasteiger charge is -2.15. The minimum absolute atomic E-state index is 0.0805. The Balaban J connectivity index is 1.21. The molecular formula is C24H27BrN6O3. The van der Waals surface area contributed by atoms with Crippen LogP contribution in [0.15, 0.2) is 56.3 Å². The minimum atomic E-state index is -0.166. The number of carbonyl (C=O) groups excluding carboxylic acids is 2. The average Bonchev–Trinajstić information content (AvgIpc) is 3.23. The zero-order valence-electron chi connectivity index (χ0n) is 18.9. The van der Waals surface area contributed by atoms with E-state index < -0.39 is 0 Å². The van der Waals surface area contributed by atoms with Crippen LogP contribution >= 0.6 is 15.9 Å². The standard InChI is InChI=1S/C24H27BrN6O3/c1-15(29-24-30-19-13-18(25)8-9-20(19)34-24)14-28-22(33)17-6-3-16(4-7-17)5-10-21(32)31-23-26-11-2-12-27-23/h3-4,6-9,13,15H,2,5,10-12,14H2,1H3,(H,28,33)(H,29,30)(H2,26,27,31,32). The van der Waals surface area contributed by atoms with Gasteiger partial charge in [-0.3, -0.25) is 19.9 Å². The van der Waals surface area contributed by atoms with E-state index in [1.165, 1.54) is 0 Å². The second-order valence-corrected chi connectivity index (χ2v) is 9.06. The Morgan fingerprint density at radius 1 is 1.21 bits per heavy atom. The molecule has 1 aliphatic heterocycles. The Kier molecular flexibility index (Phi) is 7.79. The van der Waals surface area contributed by atoms with Gasteiger partial charge < -0.3 is 20.4 Å². The van der Waals surface area contributed by atoms with Gasteiger partial charge in [0.15, 0.2) is 11.5 Å². The second-order valence-electron chi connectivity index (χ2n) is 8.14. The number of nitrogens with zero attached hydrogens (tertiary/aromatic N) is 2. The zero-order chi connectivity index (χ0) is 23.9. The monoisotopic (exact) mass is 526 g/mol. The molecule has 4 N–H and O–H groups in total. The van der Waals surface area contributed by atoms with E-state index in [0.29, 0.717) is 42.5 Å². The van der Waals surface area contributed by atoms with Gasteiger partial charge in [-0.25, -0.2) is 0 Å². The lowest BCUT2D eigenvalue weighted by molar-refractivity contribution is -0.119. The van der Waals surface area contributed by atoms with Crippen molar-refractivity contribution in [3.8, 4) is 0 Å². The van der Waals surface area contributed by atoms with Crippen molar-refractivity contribution in [2.75, 3.05) is 25.0 Å². The molecule has 0 bridgehead atoms. The molecule has 1 atom stereocenters. The molecule has 0 saturated heterocycles. The molecule has 3 aromatic rings. The quantitative estimate of drug-likeness (QED) is 0.357. The summed E-state index contributed by atoms with van der Waals surface area (Å²) in [4.78, 5) is 33.2. The Hall–Kier alpha value is -3.40. The number of fused-ring (bicyclic) bond motifs is 1. The molecule has 0 saturated carbocycles. The van der Waals surface area contributed by atoms with E-state index in [1.54, 1.807) is 12.1 Å². The summed E-state index contributed by atoms with van der Waals surface area (Å²) >= 11 is 3.42. The molecule has 0 fully saturated rings. The summed E-state index contributed by atoms with van der Waals surface area (Å²) in [7, 11) is 0. The van der Waals surface area contributed by atoms with Crippen LogP contribution in [0.4, 0.5) is 6.01 Å². The van der Waals surface area contributed by atoms with Crippen LogP contribution in [0.2, 0.25) is 0 Å². The molecule has 178 valence electrons. The number of aromatic nitrogens is 1. The fourth-order valence-corrected chi connectivity index (χ4v) is 3.81. The van der Waals surface area contributed by atoms with Crippen LogP contribution in [0.5, 0.6) is 0 Å². The molecule has 34 heavy (non-hydrogen) atoms. The van der Waals surface area contributed by atoms with Gasteiger partial charge in [0.05, 0.1) is 0 Å². The maximum absolute atomic E-state index is 12.5. The third kappa shape index (κ3) is 6.57. The van der Waals surface area contributed by atoms with Gasteiger partial charge in [0.25, 0.3) is 11.9 Å². The van der Waals surface area contributed by atoms with Crippen LogP contribution < -0.4 is 21.3 Å². The van der Waals surface area contributed by atoms with Crippen LogP contribution in [-0.2, 0) is 11.2 Å². The van der Waals surface area contributed by atoms with E-state index in [9.17, 15) is 9.59 Å². The Morgan fingerprint density at radius 3 is 2.79 bits per heavy atom. The Bertz CT molecular complexity index is 1190. The highest BCUT2D eigenvalue weighted by Crippen LogP contribution is 2.22. The van der Waals surface area contributed by atoms with Crippen LogP contribution in [0.3, 0.4) is 0 Å². The second kappa shape index (κ2) is 11.1. The van der Waals surface area contributed by atoms with Crippen molar-refractivity contribution in [2.45, 2.75) is 32.2 Å². The van der Waals surface area contributed by atoms with Crippen LogP contribution in [0, 0.1) is 0 Å². The van der Waals surface area contributed by atoms with Crippen molar-refractivity contribution in [2.24, 2.45) is 4.99 Å². The smallest absolute Gasteiger partial charge is 0.295 e. The minimum Gasteiger partial charge on any atom is -0.424 e. The van der Waals surface area contributed by atoms with Gasteiger partial charge in [0.2, 0.25) is 5.91 Å². The Labute approximate surface area is 205 Å². The number of nitrogens with one attached hydrogen (secondary N) is 4. The van der Waals surface area contributed by atoms with Crippen molar-refractivity contribution in [3.63, 3.8) is 0 Å². The number of carbonyl (C=O) groups is 2. The molecule has 0 aliphatic carbocycles. The predicted octanol–water partition coefficient (Wildman–Crippen LogP) is 3.22. The van der Waals surface area contributed by atoms with E-state index in [2.05, 4.69) is 47.2 Å². The molecule has 0 spiro atoms. The molecule has 10 heteroatoms. The topological polar surface area (TPSA) is 121 Å². The first-order valence-corrected chi connectivity index (χ1v) is 12.0. The van der Waals surface area contributed by atoms with Gasteiger partial charge in [0.1, 0.15) is 5.52 Å². The van der Waals surface area contributed by atoms with E-state index in [4.69, 9.17) is 4.42 Å². The summed E-state index contributed by atoms with van der Waals surface area (Å²) in [6, 6.07) is 13.2. The number of hydrogen-bond donors (Lipinski definition) is 4. The molecule has 2 aromatic carbocycles. The zero-order valence-corrected chi connectivity index (χ0v) is 20.4. The molecule has 1 aromatic heterocycles. The number of aliphatic imine (C=N–C) groups is 1. The molecule has 2 heterocycles. The first-order chi connectivity index (χ1) is 16.5. The summed E-state index contributed by atoms with van der Waals surface area (Å²) in [6.45, 7) is 3.90. The summed E-state index contributed by atoms with van der Waals surface area (Å²) in [5.41, 5.74) is 3.00. The van der Waals surface area contributed by atoms with Crippen molar-refractivity contribution >= 4 is 50.8 Å². The van der Waals surface area contributed by atoms with E-state index in [1.807, 2.05) is 37.3 Å². The summed E-state index contributed by atoms with van der Waals surface area (Å²) in [6.07, 6.45) is 1.91. The first kappa shape index (κ1) is 23.7. The number of halogens is 1. The summed E-state index contributed by atoms with van der Waals surface area (Å²) in [5.74, 6) is 0.306. The largest absolute Gasteiger partial charge is 0.424 e. The number of oxazole rings is 1. The third-order valence-electron chi connectivity index (χ3n) is 5.30. The number of anilines is 1. The molecular weight excluding hydrogens is 500 g/mol. The molecule has 1 unspecified atom stereocenters. The van der Waals surface area contributed by atoms with Crippen molar-refractivity contribution in [1.82, 2.24) is 20.9 Å². The molecule has 0 radical (unpaired) electrons. The normalized spacial score (nSPS) is 14.1. The lowest BCUT2D eigenvalue weighted by atomic mass is 10.1. The van der Waals surface area contributed by atoms with Crippen molar-refractivity contribution < 1.29 is 14.0 Å². The number of rotatable bonds is 8. The first-order valence-electron chi connectivity index (χ1n) is 11.2. The van der Waals surface area contributed by atoms with Crippen LogP contribution in [0.25, 0.3) is 11.1 Å². The maximum atomic E-state index is 12.5. The highest BCUT2D eigenvalue weighted by molar-refractivity contribution is 9.10. The number of amides is 2. The van der Waals surface area contributed by atoms with Crippen molar-refractivity contribution in [1.29, 1.82) is 0 Å². The van der Waals surface area contributed by atoms with Crippen LogP contribution in [0.1, 0.15) is 35.7 Å². The van der Waals surface area contributed by atoms with E-state index >= 15 is 0 Å². The van der Waals surface area contributed by atoms with E-state index in [-0.39, 0.29) is 17.9 Å². The fourth-order valence-electron chi connectivity index (χ4n) is 3.46. The Morgan fingerprint density at radius 2 is 2.03 bits per heavy atom. The van der Waals surface area contributed by atoms with Gasteiger partial charge >= 0.3 is 0 Å². The SMILES string of the molecule is CC(CNC(=O)c1ccc(CCC(=O)NC2=NCCCN2)cc1)Nc1nc2cc(Br)ccc2o1. The number of hydrogen-bond acceptors (Lipinski definition) is 7. The average molecular weight is 527 g/mol. The third-order valence-corrected chi connectivity index (χ3v) is 5.79. The highest BCUT2D eigenvalue weighted by Gasteiger charge is 2.12. The van der Waals surface area contributed by atoms with Gasteiger partial charge in [-0.2, -0.15) is 4.98 Å². The van der Waals surface area contributed by atoms with Gasteiger partial charge in [-0.1, -0.05) is 28.1 Å². The molecule has 2 amide bonds. The summed E-state index contributed by atoms with van der Waals surface area (Å²) in [5, 5.41) is 11.9. The number of aryl methyl sites for hydroxylation is 1. The predicted molar refractivity (Wildman–Crippen MR) is 135 cm³/mol. The molecule has 1 aliphatic rings. The number of guanidine groups is 1. The lowest BCUT2D eigenvalue weighted by Crippen LogP contribution is -2.43. The van der Waals surface area contributed by atoms with E-state index in [0.717, 1.165) is 35.1 Å². The highest BCUT2D eigenvalue weighted by atomic mass is 79.9. The molecule has 9 nitrogen and oxygen atoms in total. The fraction of sp³-hybridized carbons (Fsp3) is 0.333. The maximum Gasteiger partial charge on any atom is 0.295 e. The van der Waals surface area contributed by atoms with Gasteiger partial charge in [0, 0.05) is 42.1 Å². The van der Waals surface area contributed by atoms with Gasteiger partial charge in [-0.05, 0) is 55.7 Å². The molecule has 4 rings (SSSR count). The number of benzene rings is 2. The van der Waals surface area contributed by atoms with Gasteiger partial charge in [-0.15, -0.1) is 0 Å². The van der Waals surface area contributed by atoms with Crippen molar-refractivity contribution in [3.05, 3.63) is 58.1 Å². The van der Waals surface area contributed by atoms with Crippen LogP contribution in [-0.4, -0.2) is 48.4 Å². The summed E-state index contributed by atoms with van der Waals surface area (Å²) < 4.78 is 6.62.